The van der Waals surface area contributed by atoms with E-state index in [4.69, 9.17) is 0 Å². The summed E-state index contributed by atoms with van der Waals surface area (Å²) in [5.41, 5.74) is 3.70. The van der Waals surface area contributed by atoms with Gasteiger partial charge in [0.25, 0.3) is 0 Å². The van der Waals surface area contributed by atoms with E-state index in [1.165, 1.54) is 4.40 Å². The molecule has 0 aromatic carbocycles. The number of anilines is 1. The van der Waals surface area contributed by atoms with E-state index in [1.54, 1.807) is 24.4 Å². The zero-order chi connectivity index (χ0) is 26.0. The number of hydrogen-bond acceptors (Lipinski definition) is 5. The second-order valence-corrected chi connectivity index (χ2v) is 9.33. The Bertz CT molecular complexity index is 1370. The van der Waals surface area contributed by atoms with Crippen molar-refractivity contribution in [3.63, 3.8) is 0 Å². The summed E-state index contributed by atoms with van der Waals surface area (Å²) in [5, 5.41) is 11.4. The van der Waals surface area contributed by atoms with E-state index in [-0.39, 0.29) is 17.7 Å². The highest BCUT2D eigenvalue weighted by molar-refractivity contribution is 5.73. The number of fused-ring (bicyclic) bond motifs is 2. The predicted molar refractivity (Wildman–Crippen MR) is 136 cm³/mol. The molecule has 0 amide bonds. The molecule has 10 heteroatoms. The van der Waals surface area contributed by atoms with Gasteiger partial charge in [-0.25, -0.2) is 14.5 Å². The van der Waals surface area contributed by atoms with Crippen LogP contribution in [0.3, 0.4) is 0 Å². The Hall–Kier alpha value is -3.56. The third kappa shape index (κ3) is 5.47. The third-order valence-corrected chi connectivity index (χ3v) is 6.24. The number of aromatic nitrogens is 5. The summed E-state index contributed by atoms with van der Waals surface area (Å²) < 4.78 is 42.8. The quantitative estimate of drug-likeness (QED) is 0.279. The van der Waals surface area contributed by atoms with Gasteiger partial charge in [-0.1, -0.05) is 26.0 Å². The molecule has 0 aliphatic carbocycles. The maximum Gasteiger partial charge on any atom is 0.434 e. The van der Waals surface area contributed by atoms with Crippen LogP contribution >= 0.6 is 0 Å². The number of pyridine rings is 1. The first-order valence-corrected chi connectivity index (χ1v) is 12.2. The average molecular weight is 500 g/mol. The van der Waals surface area contributed by atoms with Crippen molar-refractivity contribution >= 4 is 22.8 Å². The van der Waals surface area contributed by atoms with Gasteiger partial charge >= 0.3 is 6.18 Å². The lowest BCUT2D eigenvalue weighted by Crippen LogP contribution is -2.28. The van der Waals surface area contributed by atoms with Gasteiger partial charge in [-0.05, 0) is 58.2 Å². The Balaban J connectivity index is 1.42. The monoisotopic (exact) mass is 499 g/mol. The summed E-state index contributed by atoms with van der Waals surface area (Å²) in [6, 6.07) is 7.28. The summed E-state index contributed by atoms with van der Waals surface area (Å²) in [6.07, 6.45) is 1.85. The van der Waals surface area contributed by atoms with E-state index in [0.717, 1.165) is 60.2 Å². The van der Waals surface area contributed by atoms with Gasteiger partial charge in [-0.3, -0.25) is 4.40 Å². The van der Waals surface area contributed by atoms with Crippen molar-refractivity contribution in [2.45, 2.75) is 71.6 Å². The van der Waals surface area contributed by atoms with Crippen molar-refractivity contribution in [1.29, 1.82) is 0 Å². The van der Waals surface area contributed by atoms with Crippen molar-refractivity contribution in [2.75, 3.05) is 5.32 Å². The van der Waals surface area contributed by atoms with Gasteiger partial charge in [0.15, 0.2) is 11.3 Å². The van der Waals surface area contributed by atoms with Crippen LogP contribution in [0.2, 0.25) is 0 Å². The first-order valence-electron chi connectivity index (χ1n) is 12.2. The summed E-state index contributed by atoms with van der Waals surface area (Å²) in [6.45, 7) is 12.4. The molecule has 0 aliphatic rings. The summed E-state index contributed by atoms with van der Waals surface area (Å²) in [7, 11) is 0. The Kier molecular flexibility index (Phi) is 7.23. The minimum Gasteiger partial charge on any atom is -0.382 e. The van der Waals surface area contributed by atoms with Crippen LogP contribution < -0.4 is 10.6 Å². The smallest absolute Gasteiger partial charge is 0.382 e. The van der Waals surface area contributed by atoms with E-state index in [9.17, 15) is 13.2 Å². The SMILES string of the molecule is C=C(NC(C)CCC(CCC)Nc1cccc2nc(C(F)(F)F)cn12)c1cnn2c(C)cc(C)nc12. The molecule has 4 rings (SSSR count). The summed E-state index contributed by atoms with van der Waals surface area (Å²) >= 11 is 0. The molecule has 2 unspecified atom stereocenters. The molecular formula is C26H32F3N7. The number of nitrogens with zero attached hydrogens (tertiary/aromatic N) is 5. The van der Waals surface area contributed by atoms with Crippen LogP contribution in [0.15, 0.2) is 43.2 Å². The van der Waals surface area contributed by atoms with E-state index in [2.05, 4.69) is 46.1 Å². The highest BCUT2D eigenvalue weighted by Gasteiger charge is 2.34. The van der Waals surface area contributed by atoms with Crippen LogP contribution in [-0.4, -0.2) is 36.1 Å². The maximum absolute atomic E-state index is 13.2. The molecule has 0 saturated heterocycles. The first kappa shape index (κ1) is 25.5. The lowest BCUT2D eigenvalue weighted by molar-refractivity contribution is -0.140. The van der Waals surface area contributed by atoms with Crippen molar-refractivity contribution in [3.05, 3.63) is 65.9 Å². The number of halogens is 3. The fourth-order valence-electron chi connectivity index (χ4n) is 4.49. The van der Waals surface area contributed by atoms with Crippen LogP contribution in [0.1, 0.15) is 62.2 Å². The molecule has 0 aliphatic heterocycles. The van der Waals surface area contributed by atoms with Gasteiger partial charge in [0.05, 0.1) is 11.8 Å². The van der Waals surface area contributed by atoms with Crippen molar-refractivity contribution < 1.29 is 13.2 Å². The normalized spacial score (nSPS) is 13.8. The number of aryl methyl sites for hydroxylation is 2. The predicted octanol–water partition coefficient (Wildman–Crippen LogP) is 6.02. The first-order chi connectivity index (χ1) is 17.1. The molecule has 4 aromatic heterocycles. The second kappa shape index (κ2) is 10.2. The van der Waals surface area contributed by atoms with Gasteiger partial charge in [0.2, 0.25) is 0 Å². The van der Waals surface area contributed by atoms with Gasteiger partial charge < -0.3 is 10.6 Å². The van der Waals surface area contributed by atoms with Crippen LogP contribution in [0, 0.1) is 13.8 Å². The topological polar surface area (TPSA) is 71.5 Å². The summed E-state index contributed by atoms with van der Waals surface area (Å²) in [5.74, 6) is 0.599. The summed E-state index contributed by atoms with van der Waals surface area (Å²) in [4.78, 5) is 8.35. The van der Waals surface area contributed by atoms with Crippen molar-refractivity contribution in [1.82, 2.24) is 29.3 Å². The van der Waals surface area contributed by atoms with E-state index < -0.39 is 11.9 Å². The lowest BCUT2D eigenvalue weighted by Gasteiger charge is -2.23. The molecule has 36 heavy (non-hydrogen) atoms. The maximum atomic E-state index is 13.2. The molecule has 0 spiro atoms. The molecule has 0 bridgehead atoms. The Morgan fingerprint density at radius 3 is 2.64 bits per heavy atom. The fraction of sp³-hybridized carbons (Fsp3) is 0.423. The van der Waals surface area contributed by atoms with E-state index >= 15 is 0 Å². The molecule has 0 fully saturated rings. The van der Waals surface area contributed by atoms with Crippen LogP contribution in [-0.2, 0) is 6.18 Å². The van der Waals surface area contributed by atoms with Crippen LogP contribution in [0.4, 0.5) is 19.0 Å². The van der Waals surface area contributed by atoms with E-state index in [1.807, 2.05) is 24.4 Å². The molecule has 4 heterocycles. The number of alkyl halides is 3. The zero-order valence-corrected chi connectivity index (χ0v) is 21.0. The standard InChI is InChI=1S/C26H32F3N7/c1-6-8-20(33-23-9-7-10-24-34-22(15-35(23)24)26(27,28)29)12-11-16(2)31-19(5)21-14-30-36-18(4)13-17(3)32-25(21)36/h7,9-10,13-16,20,31,33H,5-6,8,11-12H2,1-4H3. The van der Waals surface area contributed by atoms with Crippen LogP contribution in [0.25, 0.3) is 17.0 Å². The van der Waals surface area contributed by atoms with Gasteiger partial charge in [-0.2, -0.15) is 18.3 Å². The average Bonchev–Trinajstić information content (AvgIpc) is 3.43. The molecule has 192 valence electrons. The highest BCUT2D eigenvalue weighted by Crippen LogP contribution is 2.30. The fourth-order valence-corrected chi connectivity index (χ4v) is 4.49. The number of nitrogens with one attached hydrogen (secondary N) is 2. The van der Waals surface area contributed by atoms with Gasteiger partial charge in [-0.15, -0.1) is 0 Å². The second-order valence-electron chi connectivity index (χ2n) is 9.33. The highest BCUT2D eigenvalue weighted by atomic mass is 19.4. The largest absolute Gasteiger partial charge is 0.434 e. The molecule has 2 atom stereocenters. The zero-order valence-electron chi connectivity index (χ0n) is 21.0. The number of imidazole rings is 1. The minimum atomic E-state index is -4.48. The molecule has 7 nitrogen and oxygen atoms in total. The Labute approximate surface area is 208 Å². The lowest BCUT2D eigenvalue weighted by atomic mass is 10.0. The number of rotatable bonds is 10. The Morgan fingerprint density at radius 2 is 1.92 bits per heavy atom. The number of hydrogen-bond donors (Lipinski definition) is 2. The molecule has 4 aromatic rings. The molecule has 0 saturated carbocycles. The van der Waals surface area contributed by atoms with Crippen molar-refractivity contribution in [2.24, 2.45) is 0 Å². The van der Waals surface area contributed by atoms with Crippen molar-refractivity contribution in [3.8, 4) is 0 Å². The van der Waals surface area contributed by atoms with Gasteiger partial charge in [0, 0.05) is 35.4 Å². The molecule has 0 radical (unpaired) electrons. The van der Waals surface area contributed by atoms with Crippen LogP contribution in [0.5, 0.6) is 0 Å². The Morgan fingerprint density at radius 1 is 1.14 bits per heavy atom. The molecular weight excluding hydrogens is 467 g/mol. The minimum absolute atomic E-state index is 0.0961. The third-order valence-electron chi connectivity index (χ3n) is 6.24. The van der Waals surface area contributed by atoms with E-state index in [0.29, 0.717) is 5.82 Å². The van der Waals surface area contributed by atoms with Gasteiger partial charge in [0.1, 0.15) is 11.5 Å². The molecule has 2 N–H and O–H groups in total.